The number of amides is 1. The number of ether oxygens (including phenoxy) is 2. The molecule has 7 nitrogen and oxygen atoms in total. The number of nitrogens with zero attached hydrogens (tertiary/aromatic N) is 1. The third kappa shape index (κ3) is 4.49. The van der Waals surface area contributed by atoms with Crippen LogP contribution in [0.15, 0.2) is 28.2 Å². The fourth-order valence-electron chi connectivity index (χ4n) is 2.30. The van der Waals surface area contributed by atoms with Gasteiger partial charge in [-0.1, -0.05) is 11.6 Å². The molecule has 140 valence electrons. The van der Waals surface area contributed by atoms with Crippen molar-refractivity contribution in [2.24, 2.45) is 0 Å². The molecule has 2 aromatic rings. The van der Waals surface area contributed by atoms with Crippen molar-refractivity contribution in [1.29, 1.82) is 5.26 Å². The summed E-state index contributed by atoms with van der Waals surface area (Å²) in [5, 5.41) is 12.4. The van der Waals surface area contributed by atoms with E-state index in [0.29, 0.717) is 22.2 Å². The Kier molecular flexibility index (Phi) is 6.27. The largest absolute Gasteiger partial charge is 0.495 e. The van der Waals surface area contributed by atoms with Gasteiger partial charge in [-0.3, -0.25) is 4.79 Å². The zero-order chi connectivity index (χ0) is 20.1. The van der Waals surface area contributed by atoms with E-state index >= 15 is 0 Å². The van der Waals surface area contributed by atoms with Gasteiger partial charge in [0.25, 0.3) is 5.91 Å². The third-order valence-corrected chi connectivity index (χ3v) is 4.13. The zero-order valence-electron chi connectivity index (χ0n) is 15.2. The maximum absolute atomic E-state index is 12.5. The Morgan fingerprint density at radius 2 is 1.96 bits per heavy atom. The number of nitriles is 1. The molecule has 0 bridgehead atoms. The molecule has 1 amide bonds. The maximum atomic E-state index is 12.5. The van der Waals surface area contributed by atoms with Crippen LogP contribution in [0.2, 0.25) is 5.02 Å². The first-order valence-corrected chi connectivity index (χ1v) is 8.14. The second kappa shape index (κ2) is 8.43. The molecule has 0 fully saturated rings. The summed E-state index contributed by atoms with van der Waals surface area (Å²) in [6.45, 7) is 3.36. The van der Waals surface area contributed by atoms with Crippen LogP contribution in [0.4, 0.5) is 5.69 Å². The summed E-state index contributed by atoms with van der Waals surface area (Å²) in [5.74, 6) is -0.371. The van der Waals surface area contributed by atoms with Crippen LogP contribution in [0.25, 0.3) is 6.08 Å². The number of carbonyl (C=O) groups is 2. The van der Waals surface area contributed by atoms with Crippen LogP contribution in [-0.4, -0.2) is 26.1 Å². The SMILES string of the molecule is COC(=O)c1cc(/C=C(\C#N)C(=O)Nc2cc(C)c(Cl)cc2OC)oc1C. The number of rotatable bonds is 5. The molecule has 1 aromatic carbocycles. The molecule has 0 saturated heterocycles. The molecular weight excluding hydrogens is 372 g/mol. The molecular formula is C19H17ClN2O5. The van der Waals surface area contributed by atoms with Crippen LogP contribution in [-0.2, 0) is 9.53 Å². The summed E-state index contributed by atoms with van der Waals surface area (Å²) in [5.41, 5.74) is 1.11. The number of hydrogen-bond donors (Lipinski definition) is 1. The van der Waals surface area contributed by atoms with Gasteiger partial charge in [-0.2, -0.15) is 5.26 Å². The van der Waals surface area contributed by atoms with Crippen LogP contribution in [0.1, 0.15) is 27.4 Å². The number of esters is 1. The van der Waals surface area contributed by atoms with Gasteiger partial charge < -0.3 is 19.2 Å². The van der Waals surface area contributed by atoms with Gasteiger partial charge in [-0.05, 0) is 31.5 Å². The Bertz CT molecular complexity index is 969. The molecule has 0 radical (unpaired) electrons. The highest BCUT2D eigenvalue weighted by Gasteiger charge is 2.18. The molecule has 0 unspecified atom stereocenters. The van der Waals surface area contributed by atoms with Gasteiger partial charge in [-0.15, -0.1) is 0 Å². The highest BCUT2D eigenvalue weighted by atomic mass is 35.5. The fourth-order valence-corrected chi connectivity index (χ4v) is 2.45. The number of hydrogen-bond acceptors (Lipinski definition) is 6. The van der Waals surface area contributed by atoms with Crippen molar-refractivity contribution in [2.75, 3.05) is 19.5 Å². The highest BCUT2D eigenvalue weighted by molar-refractivity contribution is 6.31. The minimum atomic E-state index is -0.661. The minimum absolute atomic E-state index is 0.179. The number of aryl methyl sites for hydroxylation is 2. The van der Waals surface area contributed by atoms with Crippen LogP contribution in [0, 0.1) is 25.2 Å². The van der Waals surface area contributed by atoms with Crippen molar-refractivity contribution in [3.8, 4) is 11.8 Å². The Morgan fingerprint density at radius 1 is 1.26 bits per heavy atom. The first kappa shape index (κ1) is 20.1. The number of anilines is 1. The summed E-state index contributed by atoms with van der Waals surface area (Å²) < 4.78 is 15.2. The lowest BCUT2D eigenvalue weighted by molar-refractivity contribution is -0.112. The van der Waals surface area contributed by atoms with Crippen molar-refractivity contribution < 1.29 is 23.5 Å². The smallest absolute Gasteiger partial charge is 0.341 e. The molecule has 0 aliphatic heterocycles. The average Bonchev–Trinajstić information content (AvgIpc) is 3.02. The number of benzene rings is 1. The first-order valence-electron chi connectivity index (χ1n) is 7.76. The van der Waals surface area contributed by atoms with Crippen molar-refractivity contribution in [1.82, 2.24) is 0 Å². The summed E-state index contributed by atoms with van der Waals surface area (Å²) in [6, 6.07) is 6.42. The second-order valence-corrected chi connectivity index (χ2v) is 5.94. The van der Waals surface area contributed by atoms with Crippen molar-refractivity contribution in [3.63, 3.8) is 0 Å². The van der Waals surface area contributed by atoms with Gasteiger partial charge in [-0.25, -0.2) is 4.79 Å². The Labute approximate surface area is 161 Å². The Morgan fingerprint density at radius 3 is 2.56 bits per heavy atom. The normalized spacial score (nSPS) is 10.9. The number of methoxy groups -OCH3 is 2. The minimum Gasteiger partial charge on any atom is -0.495 e. The average molecular weight is 389 g/mol. The Balaban J connectivity index is 2.32. The molecule has 0 spiro atoms. The van der Waals surface area contributed by atoms with E-state index in [1.807, 2.05) is 6.07 Å². The summed E-state index contributed by atoms with van der Waals surface area (Å²) in [4.78, 5) is 24.1. The van der Waals surface area contributed by atoms with E-state index in [4.69, 9.17) is 20.8 Å². The predicted octanol–water partition coefficient (Wildman–Crippen LogP) is 3.89. The predicted molar refractivity (Wildman–Crippen MR) is 99.7 cm³/mol. The van der Waals surface area contributed by atoms with Crippen molar-refractivity contribution in [3.05, 3.63) is 51.4 Å². The molecule has 1 aromatic heterocycles. The van der Waals surface area contributed by atoms with E-state index in [1.54, 1.807) is 26.0 Å². The van der Waals surface area contributed by atoms with Gasteiger partial charge in [0.1, 0.15) is 34.5 Å². The van der Waals surface area contributed by atoms with E-state index in [9.17, 15) is 14.9 Å². The lowest BCUT2D eigenvalue weighted by atomic mass is 10.1. The van der Waals surface area contributed by atoms with E-state index < -0.39 is 11.9 Å². The molecule has 1 heterocycles. The van der Waals surface area contributed by atoms with Gasteiger partial charge in [0.2, 0.25) is 0 Å². The maximum Gasteiger partial charge on any atom is 0.341 e. The van der Waals surface area contributed by atoms with Crippen LogP contribution in [0.5, 0.6) is 5.75 Å². The fraction of sp³-hybridized carbons (Fsp3) is 0.211. The van der Waals surface area contributed by atoms with E-state index in [-0.39, 0.29) is 16.9 Å². The third-order valence-electron chi connectivity index (χ3n) is 3.72. The molecule has 2 rings (SSSR count). The van der Waals surface area contributed by atoms with Crippen LogP contribution >= 0.6 is 11.6 Å². The molecule has 0 saturated carbocycles. The van der Waals surface area contributed by atoms with E-state index in [2.05, 4.69) is 10.1 Å². The van der Waals surface area contributed by atoms with Gasteiger partial charge in [0.05, 0.1) is 19.9 Å². The quantitative estimate of drug-likeness (QED) is 0.473. The number of furan rings is 1. The monoisotopic (exact) mass is 388 g/mol. The van der Waals surface area contributed by atoms with Crippen LogP contribution in [0.3, 0.4) is 0 Å². The topological polar surface area (TPSA) is 102 Å². The van der Waals surface area contributed by atoms with Crippen molar-refractivity contribution in [2.45, 2.75) is 13.8 Å². The second-order valence-electron chi connectivity index (χ2n) is 5.54. The lowest BCUT2D eigenvalue weighted by Crippen LogP contribution is -2.14. The molecule has 1 N–H and O–H groups in total. The first-order chi connectivity index (χ1) is 12.8. The summed E-state index contributed by atoms with van der Waals surface area (Å²) in [7, 11) is 2.69. The van der Waals surface area contributed by atoms with Crippen LogP contribution < -0.4 is 10.1 Å². The number of nitrogens with one attached hydrogen (secondary N) is 1. The van der Waals surface area contributed by atoms with Gasteiger partial charge in [0, 0.05) is 17.2 Å². The van der Waals surface area contributed by atoms with Gasteiger partial charge >= 0.3 is 5.97 Å². The molecule has 8 heteroatoms. The highest BCUT2D eigenvalue weighted by Crippen LogP contribution is 2.31. The molecule has 0 aliphatic carbocycles. The standard InChI is InChI=1S/C19H17ClN2O5/c1-10-5-16(17(25-3)8-15(10)20)22-18(23)12(9-21)6-13-7-14(11(2)27-13)19(24)26-4/h5-8H,1-4H3,(H,22,23)/b12-6+. The number of halogens is 1. The molecule has 0 aliphatic rings. The summed E-state index contributed by atoms with van der Waals surface area (Å²) in [6.07, 6.45) is 1.24. The number of carbonyl (C=O) groups excluding carboxylic acids is 2. The van der Waals surface area contributed by atoms with Gasteiger partial charge in [0.15, 0.2) is 0 Å². The van der Waals surface area contributed by atoms with Crippen molar-refractivity contribution >= 4 is 35.2 Å². The summed E-state index contributed by atoms with van der Waals surface area (Å²) >= 11 is 6.05. The van der Waals surface area contributed by atoms with E-state index in [0.717, 1.165) is 5.56 Å². The zero-order valence-corrected chi connectivity index (χ0v) is 15.9. The molecule has 27 heavy (non-hydrogen) atoms. The molecule has 0 atom stereocenters. The Hall–Kier alpha value is -3.24. The lowest BCUT2D eigenvalue weighted by Gasteiger charge is -2.11. The van der Waals surface area contributed by atoms with E-state index in [1.165, 1.54) is 26.4 Å².